The summed E-state index contributed by atoms with van der Waals surface area (Å²) in [5.74, 6) is 0.648. The summed E-state index contributed by atoms with van der Waals surface area (Å²) in [5, 5.41) is 13.3. The summed E-state index contributed by atoms with van der Waals surface area (Å²) in [6.07, 6.45) is 7.51. The van der Waals surface area contributed by atoms with E-state index in [1.165, 1.54) is 32.1 Å². The summed E-state index contributed by atoms with van der Waals surface area (Å²) in [4.78, 5) is 2.52. The molecule has 1 radical (unpaired) electrons. The number of rotatable bonds is 2. The first-order valence-corrected chi connectivity index (χ1v) is 6.18. The van der Waals surface area contributed by atoms with Gasteiger partial charge in [-0.2, -0.15) is 5.26 Å². The lowest BCUT2D eigenvalue weighted by Crippen LogP contribution is -2.47. The fourth-order valence-electron chi connectivity index (χ4n) is 2.65. The first kappa shape index (κ1) is 10.9. The van der Waals surface area contributed by atoms with Crippen LogP contribution in [0.2, 0.25) is 0 Å². The molecule has 0 aromatic heterocycles. The van der Waals surface area contributed by atoms with Crippen LogP contribution in [0.25, 0.3) is 0 Å². The number of nitrogens with zero attached hydrogens (tertiary/aromatic N) is 3. The number of hydrogen-bond donors (Lipinski definition) is 0. The van der Waals surface area contributed by atoms with E-state index in [-0.39, 0.29) is 0 Å². The van der Waals surface area contributed by atoms with E-state index in [1.807, 2.05) is 0 Å². The fraction of sp³-hybridized carbons (Fsp3) is 0.917. The van der Waals surface area contributed by atoms with E-state index in [2.05, 4.69) is 16.3 Å². The van der Waals surface area contributed by atoms with Gasteiger partial charge in [0, 0.05) is 13.0 Å². The summed E-state index contributed by atoms with van der Waals surface area (Å²) in [7, 11) is 0. The number of hydrogen-bond acceptors (Lipinski definition) is 2. The van der Waals surface area contributed by atoms with Gasteiger partial charge in [-0.15, -0.1) is 0 Å². The van der Waals surface area contributed by atoms with Crippen LogP contribution in [0.3, 0.4) is 0 Å². The first-order chi connectivity index (χ1) is 7.40. The summed E-state index contributed by atoms with van der Waals surface area (Å²) in [5.41, 5.74) is 0. The van der Waals surface area contributed by atoms with Gasteiger partial charge in [-0.05, 0) is 51.1 Å². The minimum atomic E-state index is 0.502. The van der Waals surface area contributed by atoms with E-state index in [9.17, 15) is 0 Å². The van der Waals surface area contributed by atoms with Crippen LogP contribution in [0.15, 0.2) is 0 Å². The van der Waals surface area contributed by atoms with Crippen molar-refractivity contribution in [3.05, 3.63) is 0 Å². The fourth-order valence-corrected chi connectivity index (χ4v) is 2.65. The van der Waals surface area contributed by atoms with Crippen LogP contribution in [0.4, 0.5) is 0 Å². The molecule has 0 bridgehead atoms. The second-order valence-electron chi connectivity index (χ2n) is 4.72. The van der Waals surface area contributed by atoms with Gasteiger partial charge in [0.15, 0.2) is 0 Å². The Hall–Kier alpha value is -0.590. The molecule has 0 aromatic carbocycles. The Labute approximate surface area is 92.4 Å². The van der Waals surface area contributed by atoms with Crippen molar-refractivity contribution in [2.24, 2.45) is 5.92 Å². The van der Waals surface area contributed by atoms with Crippen molar-refractivity contribution in [1.82, 2.24) is 10.2 Å². The molecule has 1 atom stereocenters. The van der Waals surface area contributed by atoms with Crippen LogP contribution < -0.4 is 5.32 Å². The van der Waals surface area contributed by atoms with Crippen molar-refractivity contribution in [1.29, 1.82) is 5.26 Å². The van der Waals surface area contributed by atoms with Crippen molar-refractivity contribution >= 4 is 0 Å². The SMILES string of the molecule is N#CCC1CCN(C2CCCC[N]2)CC1. The molecule has 2 aliphatic rings. The quantitative estimate of drug-likeness (QED) is 0.690. The highest BCUT2D eigenvalue weighted by molar-refractivity contribution is 4.83. The van der Waals surface area contributed by atoms with E-state index in [1.54, 1.807) is 0 Å². The smallest absolute Gasteiger partial charge is 0.0760 e. The summed E-state index contributed by atoms with van der Waals surface area (Å²) in [6, 6.07) is 2.29. The zero-order chi connectivity index (χ0) is 10.5. The van der Waals surface area contributed by atoms with Gasteiger partial charge in [0.1, 0.15) is 0 Å². The maximum atomic E-state index is 8.65. The first-order valence-electron chi connectivity index (χ1n) is 6.18. The van der Waals surface area contributed by atoms with Crippen molar-refractivity contribution in [2.45, 2.75) is 44.7 Å². The number of nitriles is 1. The van der Waals surface area contributed by atoms with Crippen molar-refractivity contribution < 1.29 is 0 Å². The maximum absolute atomic E-state index is 8.65. The predicted molar refractivity (Wildman–Crippen MR) is 59.2 cm³/mol. The molecule has 0 aliphatic carbocycles. The molecule has 0 amide bonds. The standard InChI is InChI=1S/C12H20N3/c13-7-4-11-5-9-15(10-6-11)12-3-1-2-8-14-12/h11-12H,1-6,8-10H2. The van der Waals surface area contributed by atoms with Gasteiger partial charge in [0.2, 0.25) is 0 Å². The molecule has 0 aromatic rings. The largest absolute Gasteiger partial charge is 0.287 e. The van der Waals surface area contributed by atoms with Gasteiger partial charge < -0.3 is 0 Å². The minimum absolute atomic E-state index is 0.502. The molecule has 1 unspecified atom stereocenters. The van der Waals surface area contributed by atoms with Crippen LogP contribution in [-0.4, -0.2) is 30.7 Å². The minimum Gasteiger partial charge on any atom is -0.287 e. The average Bonchev–Trinajstić information content (AvgIpc) is 2.32. The third-order valence-electron chi connectivity index (χ3n) is 3.66. The van der Waals surface area contributed by atoms with Crippen molar-refractivity contribution in [3.63, 3.8) is 0 Å². The monoisotopic (exact) mass is 206 g/mol. The van der Waals surface area contributed by atoms with Gasteiger partial charge in [0.05, 0.1) is 12.2 Å². The molecule has 83 valence electrons. The molecule has 2 saturated heterocycles. The molecule has 0 spiro atoms. The number of piperidine rings is 2. The van der Waals surface area contributed by atoms with E-state index >= 15 is 0 Å². The zero-order valence-electron chi connectivity index (χ0n) is 9.36. The Balaban J connectivity index is 1.75. The molecule has 2 rings (SSSR count). The lowest BCUT2D eigenvalue weighted by atomic mass is 9.93. The highest BCUT2D eigenvalue weighted by Crippen LogP contribution is 2.23. The zero-order valence-corrected chi connectivity index (χ0v) is 9.36. The summed E-state index contributed by atoms with van der Waals surface area (Å²) in [6.45, 7) is 3.36. The Kier molecular flexibility index (Phi) is 3.99. The lowest BCUT2D eigenvalue weighted by Gasteiger charge is -2.38. The molecule has 3 heteroatoms. The molecule has 2 aliphatic heterocycles. The van der Waals surface area contributed by atoms with Crippen molar-refractivity contribution in [3.8, 4) is 6.07 Å². The van der Waals surface area contributed by atoms with Crippen LogP contribution in [0.5, 0.6) is 0 Å². The van der Waals surface area contributed by atoms with Crippen LogP contribution in [0, 0.1) is 17.2 Å². The van der Waals surface area contributed by atoms with Crippen molar-refractivity contribution in [2.75, 3.05) is 19.6 Å². The van der Waals surface area contributed by atoms with E-state index in [0.717, 1.165) is 26.1 Å². The Bertz CT molecular complexity index is 220. The molecule has 2 fully saturated rings. The van der Waals surface area contributed by atoms with Crippen LogP contribution in [0.1, 0.15) is 38.5 Å². The van der Waals surface area contributed by atoms with E-state index in [0.29, 0.717) is 12.1 Å². The molecule has 3 nitrogen and oxygen atoms in total. The second kappa shape index (κ2) is 5.48. The molecular formula is C12H20N3. The van der Waals surface area contributed by atoms with Gasteiger partial charge >= 0.3 is 0 Å². The molecule has 0 N–H and O–H groups in total. The highest BCUT2D eigenvalue weighted by Gasteiger charge is 2.26. The molecule has 2 heterocycles. The van der Waals surface area contributed by atoms with Gasteiger partial charge in [-0.1, -0.05) is 0 Å². The van der Waals surface area contributed by atoms with Crippen LogP contribution >= 0.6 is 0 Å². The average molecular weight is 206 g/mol. The summed E-state index contributed by atoms with van der Waals surface area (Å²) < 4.78 is 0. The Morgan fingerprint density at radius 3 is 2.60 bits per heavy atom. The maximum Gasteiger partial charge on any atom is 0.0760 e. The third-order valence-corrected chi connectivity index (χ3v) is 3.66. The van der Waals surface area contributed by atoms with Gasteiger partial charge in [-0.3, -0.25) is 4.90 Å². The Morgan fingerprint density at radius 2 is 2.00 bits per heavy atom. The van der Waals surface area contributed by atoms with Gasteiger partial charge in [-0.25, -0.2) is 5.32 Å². The lowest BCUT2D eigenvalue weighted by molar-refractivity contribution is 0.0911. The predicted octanol–water partition coefficient (Wildman–Crippen LogP) is 1.73. The molecule has 15 heavy (non-hydrogen) atoms. The van der Waals surface area contributed by atoms with E-state index in [4.69, 9.17) is 5.26 Å². The molecular weight excluding hydrogens is 186 g/mol. The Morgan fingerprint density at radius 1 is 1.20 bits per heavy atom. The molecule has 0 saturated carbocycles. The second-order valence-corrected chi connectivity index (χ2v) is 4.72. The third kappa shape index (κ3) is 2.93. The highest BCUT2D eigenvalue weighted by atomic mass is 15.3. The van der Waals surface area contributed by atoms with Gasteiger partial charge in [0.25, 0.3) is 0 Å². The summed E-state index contributed by atoms with van der Waals surface area (Å²) >= 11 is 0. The van der Waals surface area contributed by atoms with Crippen LogP contribution in [-0.2, 0) is 0 Å². The number of likely N-dealkylation sites (tertiary alicyclic amines) is 1. The van der Waals surface area contributed by atoms with E-state index < -0.39 is 0 Å². The normalized spacial score (nSPS) is 29.9. The topological polar surface area (TPSA) is 41.1 Å².